The highest BCUT2D eigenvalue weighted by Crippen LogP contribution is 2.38. The summed E-state index contributed by atoms with van der Waals surface area (Å²) in [6.45, 7) is 9.75. The van der Waals surface area contributed by atoms with Crippen LogP contribution >= 0.6 is 23.5 Å². The molecule has 8 heteroatoms. The Morgan fingerprint density at radius 2 is 0.722 bits per heavy atom. The van der Waals surface area contributed by atoms with Crippen LogP contribution in [0.4, 0.5) is 0 Å². The monoisotopic (exact) mass is 534 g/mol. The standard InChI is InChI=1S/C28H38O6S2/c1-21-13-23-17-35-19-25-15-22(2)16-26-20-36-18-24(14-21)27(23)33-11-9-31-7-5-29-3-4-30-6-8-32-10-12-34-28(25)26/h13-16H,3-12,17-20H2,1-2H3. The minimum atomic E-state index is 0.526. The Balaban J connectivity index is 1.54. The molecule has 0 unspecified atom stereocenters. The van der Waals surface area contributed by atoms with Crippen LogP contribution in [0.5, 0.6) is 11.5 Å². The lowest BCUT2D eigenvalue weighted by Crippen LogP contribution is -2.15. The van der Waals surface area contributed by atoms with E-state index in [1.54, 1.807) is 0 Å². The van der Waals surface area contributed by atoms with Crippen LogP contribution < -0.4 is 9.47 Å². The summed E-state index contributed by atoms with van der Waals surface area (Å²) in [6, 6.07) is 9.04. The van der Waals surface area contributed by atoms with Crippen LogP contribution in [0.3, 0.4) is 0 Å². The van der Waals surface area contributed by atoms with Crippen molar-refractivity contribution in [2.45, 2.75) is 36.9 Å². The fourth-order valence-electron chi connectivity index (χ4n) is 4.37. The van der Waals surface area contributed by atoms with Crippen molar-refractivity contribution < 1.29 is 28.4 Å². The molecule has 0 spiro atoms. The number of thioether (sulfide) groups is 2. The lowest BCUT2D eigenvalue weighted by molar-refractivity contribution is -0.00705. The second kappa shape index (κ2) is 15.1. The number of hydrogen-bond acceptors (Lipinski definition) is 8. The summed E-state index contributed by atoms with van der Waals surface area (Å²) < 4.78 is 35.3. The zero-order valence-corrected chi connectivity index (χ0v) is 23.1. The van der Waals surface area contributed by atoms with Crippen LogP contribution in [-0.2, 0) is 42.0 Å². The lowest BCUT2D eigenvalue weighted by atomic mass is 10.1. The molecule has 2 aromatic rings. The zero-order chi connectivity index (χ0) is 25.0. The summed E-state index contributed by atoms with van der Waals surface area (Å²) in [5.41, 5.74) is 7.56. The molecule has 3 heterocycles. The Morgan fingerprint density at radius 1 is 0.444 bits per heavy atom. The molecule has 0 saturated carbocycles. The minimum Gasteiger partial charge on any atom is -0.491 e. The fraction of sp³-hybridized carbons (Fsp3) is 0.571. The van der Waals surface area contributed by atoms with E-state index in [4.69, 9.17) is 28.4 Å². The highest BCUT2D eigenvalue weighted by atomic mass is 32.2. The maximum absolute atomic E-state index is 6.33. The highest BCUT2D eigenvalue weighted by molar-refractivity contribution is 7.98. The topological polar surface area (TPSA) is 55.4 Å². The quantitative estimate of drug-likeness (QED) is 0.421. The lowest BCUT2D eigenvalue weighted by Gasteiger charge is -2.21. The van der Waals surface area contributed by atoms with Crippen LogP contribution in [0, 0.1) is 13.8 Å². The normalized spacial score (nSPS) is 19.3. The molecule has 0 radical (unpaired) electrons. The molecule has 0 aliphatic carbocycles. The van der Waals surface area contributed by atoms with Crippen molar-refractivity contribution in [1.82, 2.24) is 0 Å². The average molecular weight is 535 g/mol. The summed E-state index contributed by atoms with van der Waals surface area (Å²) in [6.07, 6.45) is 0. The van der Waals surface area contributed by atoms with Crippen LogP contribution in [0.2, 0.25) is 0 Å². The van der Waals surface area contributed by atoms with E-state index in [2.05, 4.69) is 38.1 Å². The van der Waals surface area contributed by atoms with E-state index in [-0.39, 0.29) is 0 Å². The predicted molar refractivity (Wildman–Crippen MR) is 147 cm³/mol. The van der Waals surface area contributed by atoms with Crippen molar-refractivity contribution in [2.24, 2.45) is 0 Å². The zero-order valence-electron chi connectivity index (χ0n) is 21.5. The Morgan fingerprint density at radius 3 is 1.03 bits per heavy atom. The first-order valence-corrected chi connectivity index (χ1v) is 15.0. The number of rotatable bonds is 0. The van der Waals surface area contributed by atoms with E-state index >= 15 is 0 Å². The van der Waals surface area contributed by atoms with Gasteiger partial charge in [-0.05, 0) is 13.8 Å². The van der Waals surface area contributed by atoms with Crippen LogP contribution in [0.15, 0.2) is 24.3 Å². The first-order chi connectivity index (χ1) is 17.7. The van der Waals surface area contributed by atoms with E-state index in [1.807, 2.05) is 23.5 Å². The van der Waals surface area contributed by atoms with Crippen LogP contribution in [0.25, 0.3) is 0 Å². The van der Waals surface area contributed by atoms with Crippen molar-refractivity contribution in [1.29, 1.82) is 0 Å². The number of aryl methyl sites for hydroxylation is 2. The van der Waals surface area contributed by atoms with Gasteiger partial charge in [0.25, 0.3) is 0 Å². The molecule has 0 fully saturated rings. The van der Waals surface area contributed by atoms with Crippen LogP contribution in [0.1, 0.15) is 33.4 Å². The Bertz CT molecular complexity index is 840. The van der Waals surface area contributed by atoms with Gasteiger partial charge in [-0.3, -0.25) is 0 Å². The van der Waals surface area contributed by atoms with Crippen molar-refractivity contribution in [3.8, 4) is 11.5 Å². The second-order valence-corrected chi connectivity index (χ2v) is 10.9. The molecule has 3 aliphatic rings. The van der Waals surface area contributed by atoms with Gasteiger partial charge < -0.3 is 28.4 Å². The van der Waals surface area contributed by atoms with E-state index in [9.17, 15) is 0 Å². The van der Waals surface area contributed by atoms with Gasteiger partial charge >= 0.3 is 0 Å². The van der Waals surface area contributed by atoms with Gasteiger partial charge in [0.05, 0.1) is 52.9 Å². The van der Waals surface area contributed by atoms with Crippen molar-refractivity contribution >= 4 is 23.5 Å². The van der Waals surface area contributed by atoms with Gasteiger partial charge in [-0.2, -0.15) is 23.5 Å². The van der Waals surface area contributed by atoms with Gasteiger partial charge in [-0.25, -0.2) is 0 Å². The molecular weight excluding hydrogens is 496 g/mol. The Labute approximate surface area is 223 Å². The van der Waals surface area contributed by atoms with E-state index in [0.29, 0.717) is 66.1 Å². The summed E-state index contributed by atoms with van der Waals surface area (Å²) in [4.78, 5) is 0. The number of benzene rings is 2. The third kappa shape index (κ3) is 8.57. The largest absolute Gasteiger partial charge is 0.491 e. The second-order valence-electron chi connectivity index (χ2n) is 8.96. The predicted octanol–water partition coefficient (Wildman–Crippen LogP) is 5.32. The molecule has 3 aliphatic heterocycles. The minimum absolute atomic E-state index is 0.526. The number of fused-ring (bicyclic) bond motifs is 19. The molecule has 0 aromatic heterocycles. The first kappa shape index (κ1) is 27.6. The number of ether oxygens (including phenoxy) is 6. The molecule has 2 aromatic carbocycles. The van der Waals surface area contributed by atoms with E-state index < -0.39 is 0 Å². The highest BCUT2D eigenvalue weighted by Gasteiger charge is 2.17. The third-order valence-corrected chi connectivity index (χ3v) is 7.93. The third-order valence-electron chi connectivity index (χ3n) is 5.87. The molecule has 36 heavy (non-hydrogen) atoms. The molecule has 6 nitrogen and oxygen atoms in total. The van der Waals surface area contributed by atoms with Crippen LogP contribution in [-0.4, -0.2) is 66.1 Å². The van der Waals surface area contributed by atoms with E-state index in [0.717, 1.165) is 34.5 Å². The maximum atomic E-state index is 6.33. The van der Waals surface area contributed by atoms with Gasteiger partial charge in [0, 0.05) is 45.3 Å². The molecule has 6 bridgehead atoms. The molecular formula is C28H38O6S2. The summed E-state index contributed by atoms with van der Waals surface area (Å²) in [5, 5.41) is 0. The summed E-state index contributed by atoms with van der Waals surface area (Å²) in [7, 11) is 0. The molecule has 0 saturated heterocycles. The summed E-state index contributed by atoms with van der Waals surface area (Å²) >= 11 is 3.80. The molecule has 5 rings (SSSR count). The van der Waals surface area contributed by atoms with Gasteiger partial charge in [-0.15, -0.1) is 0 Å². The van der Waals surface area contributed by atoms with Gasteiger partial charge in [-0.1, -0.05) is 35.4 Å². The van der Waals surface area contributed by atoms with Gasteiger partial charge in [0.1, 0.15) is 24.7 Å². The molecule has 0 N–H and O–H groups in total. The van der Waals surface area contributed by atoms with Gasteiger partial charge in [0.15, 0.2) is 0 Å². The SMILES string of the molecule is Cc1cc2c3c(c1)CSCc1cc(C)cc(c1OCCOCCOCCOCCOCCO3)CSC2. The summed E-state index contributed by atoms with van der Waals surface area (Å²) in [5.74, 6) is 5.57. The first-order valence-electron chi connectivity index (χ1n) is 12.7. The molecule has 0 amide bonds. The number of hydrogen-bond donors (Lipinski definition) is 0. The smallest absolute Gasteiger partial charge is 0.127 e. The molecule has 198 valence electrons. The van der Waals surface area contributed by atoms with E-state index in [1.165, 1.54) is 33.4 Å². The van der Waals surface area contributed by atoms with Crippen molar-refractivity contribution in [3.63, 3.8) is 0 Å². The van der Waals surface area contributed by atoms with Gasteiger partial charge in [0.2, 0.25) is 0 Å². The maximum Gasteiger partial charge on any atom is 0.127 e. The fourth-order valence-corrected chi connectivity index (χ4v) is 6.31. The average Bonchev–Trinajstić information content (AvgIpc) is 2.85. The van der Waals surface area contributed by atoms with Crippen molar-refractivity contribution in [3.05, 3.63) is 57.6 Å². The Kier molecular flexibility index (Phi) is 11.6. The van der Waals surface area contributed by atoms with Crippen molar-refractivity contribution in [2.75, 3.05) is 66.1 Å². The Hall–Kier alpha value is -1.42. The molecule has 0 atom stereocenters.